The molecule has 0 bridgehead atoms. The van der Waals surface area contributed by atoms with Crippen molar-refractivity contribution in [1.29, 1.82) is 5.26 Å². The number of hydrogen-bond acceptors (Lipinski definition) is 1. The van der Waals surface area contributed by atoms with Gasteiger partial charge in [-0.2, -0.15) is 5.26 Å². The first-order valence-electron chi connectivity index (χ1n) is 3.29. The van der Waals surface area contributed by atoms with Crippen LogP contribution in [0, 0.1) is 17.2 Å². The number of nitrogens with zero attached hydrogens (tertiary/aromatic N) is 1. The molecule has 9 heavy (non-hydrogen) atoms. The lowest BCUT2D eigenvalue weighted by Gasteiger charge is -2.24. The lowest BCUT2D eigenvalue weighted by Crippen LogP contribution is -2.13. The maximum atomic E-state index is 8.41. The number of hydrogen-bond donors (Lipinski definition) is 0. The molecule has 0 aromatic carbocycles. The van der Waals surface area contributed by atoms with E-state index in [1.54, 1.807) is 0 Å². The Kier molecular flexibility index (Phi) is 1.57. The predicted molar refractivity (Wildman–Crippen MR) is 36.7 cm³/mol. The van der Waals surface area contributed by atoms with Crippen LogP contribution in [0.5, 0.6) is 0 Å². The highest BCUT2D eigenvalue weighted by molar-refractivity contribution is 5.22. The van der Waals surface area contributed by atoms with E-state index < -0.39 is 0 Å². The molecule has 1 fully saturated rings. The Balaban J connectivity index is 2.46. The van der Waals surface area contributed by atoms with Crippen molar-refractivity contribution < 1.29 is 0 Å². The van der Waals surface area contributed by atoms with Crippen LogP contribution in [-0.4, -0.2) is 0 Å². The van der Waals surface area contributed by atoms with E-state index in [1.165, 1.54) is 11.1 Å². The summed E-state index contributed by atoms with van der Waals surface area (Å²) < 4.78 is 0. The second-order valence-electron chi connectivity index (χ2n) is 2.84. The van der Waals surface area contributed by atoms with E-state index in [0.717, 1.165) is 12.8 Å². The van der Waals surface area contributed by atoms with E-state index in [1.807, 2.05) is 0 Å². The number of nitriles is 1. The minimum Gasteiger partial charge on any atom is -0.198 e. The van der Waals surface area contributed by atoms with Gasteiger partial charge in [-0.3, -0.25) is 0 Å². The van der Waals surface area contributed by atoms with E-state index in [2.05, 4.69) is 19.9 Å². The second-order valence-corrected chi connectivity index (χ2v) is 2.84. The maximum Gasteiger partial charge on any atom is 0.0662 e. The van der Waals surface area contributed by atoms with Crippen molar-refractivity contribution >= 4 is 0 Å². The smallest absolute Gasteiger partial charge is 0.0662 e. The Labute approximate surface area is 56.0 Å². The first kappa shape index (κ1) is 6.35. The van der Waals surface area contributed by atoms with Crippen molar-refractivity contribution in [2.24, 2.45) is 5.92 Å². The van der Waals surface area contributed by atoms with Gasteiger partial charge < -0.3 is 0 Å². The molecular weight excluding hydrogens is 110 g/mol. The summed E-state index contributed by atoms with van der Waals surface area (Å²) in [5.41, 5.74) is 2.89. The monoisotopic (exact) mass is 121 g/mol. The molecule has 0 aromatic rings. The number of rotatable bonds is 0. The Morgan fingerprint density at radius 2 is 2.11 bits per heavy atom. The van der Waals surface area contributed by atoms with Gasteiger partial charge in [0.15, 0.2) is 0 Å². The molecule has 0 N–H and O–H groups in total. The fourth-order valence-electron chi connectivity index (χ4n) is 1.03. The first-order chi connectivity index (χ1) is 4.24. The van der Waals surface area contributed by atoms with Crippen molar-refractivity contribution in [1.82, 2.24) is 0 Å². The molecule has 1 rings (SSSR count). The summed E-state index contributed by atoms with van der Waals surface area (Å²) in [6, 6.07) is 2.25. The highest BCUT2D eigenvalue weighted by Crippen LogP contribution is 2.34. The molecule has 0 spiro atoms. The molecule has 0 unspecified atom stereocenters. The van der Waals surface area contributed by atoms with Crippen LogP contribution in [0.4, 0.5) is 0 Å². The molecule has 0 saturated heterocycles. The molecule has 1 nitrogen and oxygen atoms in total. The van der Waals surface area contributed by atoms with Crippen LogP contribution < -0.4 is 0 Å². The molecule has 1 saturated carbocycles. The number of allylic oxidation sites excluding steroid dienone is 2. The van der Waals surface area contributed by atoms with Crippen molar-refractivity contribution in [3.8, 4) is 6.07 Å². The van der Waals surface area contributed by atoms with Crippen molar-refractivity contribution in [3.05, 3.63) is 11.1 Å². The molecule has 0 radical (unpaired) electrons. The third kappa shape index (κ3) is 1.13. The van der Waals surface area contributed by atoms with Gasteiger partial charge in [0.1, 0.15) is 0 Å². The van der Waals surface area contributed by atoms with Crippen LogP contribution in [0.3, 0.4) is 0 Å². The van der Waals surface area contributed by atoms with Gasteiger partial charge in [-0.05, 0) is 26.7 Å². The van der Waals surface area contributed by atoms with Crippen LogP contribution in [0.15, 0.2) is 11.1 Å². The lowest BCUT2D eigenvalue weighted by molar-refractivity contribution is 0.519. The minimum absolute atomic E-state index is 0.329. The quantitative estimate of drug-likeness (QED) is 0.451. The molecule has 1 aliphatic carbocycles. The van der Waals surface area contributed by atoms with Gasteiger partial charge >= 0.3 is 0 Å². The maximum absolute atomic E-state index is 8.41. The van der Waals surface area contributed by atoms with E-state index in [9.17, 15) is 0 Å². The SMILES string of the molecule is CC(C)=C1CC(C#N)C1. The molecule has 0 aliphatic heterocycles. The predicted octanol–water partition coefficient (Wildman–Crippen LogP) is 2.26. The van der Waals surface area contributed by atoms with Crippen molar-refractivity contribution in [2.45, 2.75) is 26.7 Å². The zero-order valence-electron chi connectivity index (χ0n) is 5.94. The normalized spacial score (nSPS) is 24.6. The molecule has 0 atom stereocenters. The van der Waals surface area contributed by atoms with Gasteiger partial charge in [-0.25, -0.2) is 0 Å². The molecule has 1 aliphatic rings. The van der Waals surface area contributed by atoms with Gasteiger partial charge in [-0.1, -0.05) is 11.1 Å². The summed E-state index contributed by atoms with van der Waals surface area (Å²) in [5.74, 6) is 0.329. The van der Waals surface area contributed by atoms with E-state index >= 15 is 0 Å². The highest BCUT2D eigenvalue weighted by atomic mass is 14.3. The zero-order chi connectivity index (χ0) is 6.85. The fraction of sp³-hybridized carbons (Fsp3) is 0.625. The van der Waals surface area contributed by atoms with Crippen molar-refractivity contribution in [2.75, 3.05) is 0 Å². The van der Waals surface area contributed by atoms with Gasteiger partial charge in [0, 0.05) is 0 Å². The summed E-state index contributed by atoms with van der Waals surface area (Å²) in [6.07, 6.45) is 2.05. The van der Waals surface area contributed by atoms with Gasteiger partial charge in [-0.15, -0.1) is 0 Å². The van der Waals surface area contributed by atoms with Crippen LogP contribution in [0.1, 0.15) is 26.7 Å². The largest absolute Gasteiger partial charge is 0.198 e. The van der Waals surface area contributed by atoms with E-state index in [0.29, 0.717) is 5.92 Å². The fourth-order valence-corrected chi connectivity index (χ4v) is 1.03. The third-order valence-corrected chi connectivity index (χ3v) is 1.88. The standard InChI is InChI=1S/C8H11N/c1-6(2)8-3-7(4-8)5-9/h7H,3-4H2,1-2H3. The van der Waals surface area contributed by atoms with E-state index in [-0.39, 0.29) is 0 Å². The van der Waals surface area contributed by atoms with Crippen molar-refractivity contribution in [3.63, 3.8) is 0 Å². The van der Waals surface area contributed by atoms with Crippen LogP contribution >= 0.6 is 0 Å². The summed E-state index contributed by atoms with van der Waals surface area (Å²) in [6.45, 7) is 4.23. The average Bonchev–Trinajstić information content (AvgIpc) is 1.61. The molecule has 48 valence electrons. The van der Waals surface area contributed by atoms with Crippen LogP contribution in [-0.2, 0) is 0 Å². The Morgan fingerprint density at radius 1 is 1.56 bits per heavy atom. The first-order valence-corrected chi connectivity index (χ1v) is 3.29. The second kappa shape index (κ2) is 2.23. The van der Waals surface area contributed by atoms with Gasteiger partial charge in [0.05, 0.1) is 12.0 Å². The lowest BCUT2D eigenvalue weighted by atomic mass is 9.79. The van der Waals surface area contributed by atoms with E-state index in [4.69, 9.17) is 5.26 Å². The summed E-state index contributed by atoms with van der Waals surface area (Å²) in [7, 11) is 0. The van der Waals surface area contributed by atoms with Crippen LogP contribution in [0.25, 0.3) is 0 Å². The topological polar surface area (TPSA) is 23.8 Å². The Bertz CT molecular complexity index is 171. The summed E-state index contributed by atoms with van der Waals surface area (Å²) >= 11 is 0. The Hall–Kier alpha value is -0.770. The molecular formula is C8H11N. The average molecular weight is 121 g/mol. The molecule has 1 heteroatoms. The zero-order valence-corrected chi connectivity index (χ0v) is 5.94. The molecule has 0 amide bonds. The highest BCUT2D eigenvalue weighted by Gasteiger charge is 2.22. The van der Waals surface area contributed by atoms with Gasteiger partial charge in [0.25, 0.3) is 0 Å². The van der Waals surface area contributed by atoms with Gasteiger partial charge in [0.2, 0.25) is 0 Å². The third-order valence-electron chi connectivity index (χ3n) is 1.88. The minimum atomic E-state index is 0.329. The molecule has 0 aromatic heterocycles. The molecule has 0 heterocycles. The van der Waals surface area contributed by atoms with Crippen LogP contribution in [0.2, 0.25) is 0 Å². The summed E-state index contributed by atoms with van der Waals surface area (Å²) in [4.78, 5) is 0. The Morgan fingerprint density at radius 3 is 2.44 bits per heavy atom. The summed E-state index contributed by atoms with van der Waals surface area (Å²) in [5, 5.41) is 8.41.